The van der Waals surface area contributed by atoms with Gasteiger partial charge in [-0.2, -0.15) is 0 Å². The van der Waals surface area contributed by atoms with Crippen LogP contribution in [0.5, 0.6) is 0 Å². The number of rotatable bonds is 4. The SMILES string of the molecule is CCOC(=O)C1CCCN(C(=O)C(=O)NCc2ccccc2)C1. The van der Waals surface area contributed by atoms with Crippen LogP contribution in [0.25, 0.3) is 0 Å². The van der Waals surface area contributed by atoms with E-state index in [1.54, 1.807) is 6.92 Å². The van der Waals surface area contributed by atoms with Crippen molar-refractivity contribution in [3.05, 3.63) is 35.9 Å². The molecule has 23 heavy (non-hydrogen) atoms. The molecule has 1 fully saturated rings. The highest BCUT2D eigenvalue weighted by Crippen LogP contribution is 2.18. The van der Waals surface area contributed by atoms with E-state index in [4.69, 9.17) is 4.74 Å². The number of nitrogens with zero attached hydrogens (tertiary/aromatic N) is 1. The first-order valence-electron chi connectivity index (χ1n) is 7.89. The first kappa shape index (κ1) is 17.0. The van der Waals surface area contributed by atoms with Crippen LogP contribution >= 0.6 is 0 Å². The predicted octanol–water partition coefficient (Wildman–Crippen LogP) is 1.10. The largest absolute Gasteiger partial charge is 0.466 e. The Morgan fingerprint density at radius 2 is 2.00 bits per heavy atom. The third-order valence-electron chi connectivity index (χ3n) is 3.82. The number of hydrogen-bond acceptors (Lipinski definition) is 4. The molecule has 0 spiro atoms. The molecule has 1 atom stereocenters. The summed E-state index contributed by atoms with van der Waals surface area (Å²) in [6, 6.07) is 9.39. The van der Waals surface area contributed by atoms with E-state index in [0.717, 1.165) is 5.56 Å². The van der Waals surface area contributed by atoms with Gasteiger partial charge in [-0.25, -0.2) is 0 Å². The summed E-state index contributed by atoms with van der Waals surface area (Å²) < 4.78 is 5.00. The molecule has 1 aromatic carbocycles. The molecule has 2 rings (SSSR count). The summed E-state index contributed by atoms with van der Waals surface area (Å²) in [5, 5.41) is 2.62. The van der Waals surface area contributed by atoms with E-state index in [-0.39, 0.29) is 18.4 Å². The maximum atomic E-state index is 12.2. The van der Waals surface area contributed by atoms with Gasteiger partial charge in [-0.1, -0.05) is 30.3 Å². The number of esters is 1. The van der Waals surface area contributed by atoms with E-state index in [1.807, 2.05) is 30.3 Å². The molecule has 0 bridgehead atoms. The minimum absolute atomic E-state index is 0.246. The van der Waals surface area contributed by atoms with Crippen molar-refractivity contribution in [2.45, 2.75) is 26.3 Å². The quantitative estimate of drug-likeness (QED) is 0.666. The van der Waals surface area contributed by atoms with Crippen LogP contribution in [0, 0.1) is 5.92 Å². The van der Waals surface area contributed by atoms with Crippen LogP contribution in [0.1, 0.15) is 25.3 Å². The van der Waals surface area contributed by atoms with Crippen LogP contribution in [-0.2, 0) is 25.7 Å². The lowest BCUT2D eigenvalue weighted by molar-refractivity contribution is -0.154. The molecule has 0 radical (unpaired) electrons. The van der Waals surface area contributed by atoms with Gasteiger partial charge in [-0.15, -0.1) is 0 Å². The number of nitrogens with one attached hydrogen (secondary N) is 1. The average Bonchev–Trinajstić information content (AvgIpc) is 2.60. The molecule has 1 unspecified atom stereocenters. The summed E-state index contributed by atoms with van der Waals surface area (Å²) in [7, 11) is 0. The van der Waals surface area contributed by atoms with Crippen molar-refractivity contribution in [3.8, 4) is 0 Å². The second-order valence-electron chi connectivity index (χ2n) is 5.51. The van der Waals surface area contributed by atoms with Crippen molar-refractivity contribution in [1.82, 2.24) is 10.2 Å². The topological polar surface area (TPSA) is 75.7 Å². The molecule has 6 heteroatoms. The molecule has 0 saturated carbocycles. The van der Waals surface area contributed by atoms with Gasteiger partial charge in [0.2, 0.25) is 0 Å². The summed E-state index contributed by atoms with van der Waals surface area (Å²) >= 11 is 0. The van der Waals surface area contributed by atoms with Crippen LogP contribution < -0.4 is 5.32 Å². The lowest BCUT2D eigenvalue weighted by Crippen LogP contribution is -2.48. The van der Waals surface area contributed by atoms with Crippen LogP contribution in [0.3, 0.4) is 0 Å². The van der Waals surface area contributed by atoms with E-state index in [1.165, 1.54) is 4.90 Å². The van der Waals surface area contributed by atoms with E-state index >= 15 is 0 Å². The van der Waals surface area contributed by atoms with Gasteiger partial charge in [0.1, 0.15) is 0 Å². The Hall–Kier alpha value is -2.37. The molecule has 1 aliphatic rings. The molecule has 0 aromatic heterocycles. The van der Waals surface area contributed by atoms with Crippen molar-refractivity contribution in [2.24, 2.45) is 5.92 Å². The van der Waals surface area contributed by atoms with Gasteiger partial charge in [0.05, 0.1) is 12.5 Å². The standard InChI is InChI=1S/C17H22N2O4/c1-2-23-17(22)14-9-6-10-19(12-14)16(21)15(20)18-11-13-7-4-3-5-8-13/h3-5,7-8,14H,2,6,9-12H2,1H3,(H,18,20). The Labute approximate surface area is 135 Å². The van der Waals surface area contributed by atoms with Crippen molar-refractivity contribution < 1.29 is 19.1 Å². The summed E-state index contributed by atoms with van der Waals surface area (Å²) in [4.78, 5) is 37.4. The Morgan fingerprint density at radius 1 is 1.26 bits per heavy atom. The lowest BCUT2D eigenvalue weighted by atomic mass is 9.98. The molecule has 1 N–H and O–H groups in total. The maximum absolute atomic E-state index is 12.2. The molecular formula is C17H22N2O4. The fourth-order valence-corrected chi connectivity index (χ4v) is 2.61. The molecule has 0 aliphatic carbocycles. The molecule has 1 heterocycles. The zero-order valence-corrected chi connectivity index (χ0v) is 13.3. The first-order chi connectivity index (χ1) is 11.1. The molecule has 6 nitrogen and oxygen atoms in total. The fourth-order valence-electron chi connectivity index (χ4n) is 2.61. The zero-order valence-electron chi connectivity index (χ0n) is 13.3. The van der Waals surface area contributed by atoms with Gasteiger partial charge < -0.3 is 15.0 Å². The zero-order chi connectivity index (χ0) is 16.7. The number of likely N-dealkylation sites (tertiary alicyclic amines) is 1. The monoisotopic (exact) mass is 318 g/mol. The highest BCUT2D eigenvalue weighted by Gasteiger charge is 2.31. The van der Waals surface area contributed by atoms with Gasteiger partial charge in [0.25, 0.3) is 0 Å². The van der Waals surface area contributed by atoms with E-state index in [2.05, 4.69) is 5.32 Å². The number of piperidine rings is 1. The minimum Gasteiger partial charge on any atom is -0.466 e. The number of benzene rings is 1. The fraction of sp³-hybridized carbons (Fsp3) is 0.471. The van der Waals surface area contributed by atoms with Crippen LogP contribution in [0.2, 0.25) is 0 Å². The third kappa shape index (κ3) is 4.81. The van der Waals surface area contributed by atoms with Gasteiger partial charge >= 0.3 is 17.8 Å². The van der Waals surface area contributed by atoms with Gasteiger partial charge in [0.15, 0.2) is 0 Å². The third-order valence-corrected chi connectivity index (χ3v) is 3.82. The highest BCUT2D eigenvalue weighted by molar-refractivity contribution is 6.35. The second-order valence-corrected chi connectivity index (χ2v) is 5.51. The number of hydrogen-bond donors (Lipinski definition) is 1. The molecule has 1 saturated heterocycles. The average molecular weight is 318 g/mol. The van der Waals surface area contributed by atoms with Crippen molar-refractivity contribution in [1.29, 1.82) is 0 Å². The lowest BCUT2D eigenvalue weighted by Gasteiger charge is -2.30. The Balaban J connectivity index is 1.86. The van der Waals surface area contributed by atoms with Gasteiger partial charge in [-0.05, 0) is 25.3 Å². The molecular weight excluding hydrogens is 296 g/mol. The smallest absolute Gasteiger partial charge is 0.311 e. The second kappa shape index (κ2) is 8.31. The molecule has 124 valence electrons. The normalized spacial score (nSPS) is 17.4. The Morgan fingerprint density at radius 3 is 2.70 bits per heavy atom. The minimum atomic E-state index is -0.640. The summed E-state index contributed by atoms with van der Waals surface area (Å²) in [5.74, 6) is -1.86. The van der Waals surface area contributed by atoms with E-state index < -0.39 is 11.8 Å². The number of carbonyl (C=O) groups excluding carboxylic acids is 3. The predicted molar refractivity (Wildman–Crippen MR) is 84.2 cm³/mol. The maximum Gasteiger partial charge on any atom is 0.311 e. The van der Waals surface area contributed by atoms with Crippen molar-refractivity contribution in [2.75, 3.05) is 19.7 Å². The van der Waals surface area contributed by atoms with Crippen molar-refractivity contribution >= 4 is 17.8 Å². The first-order valence-corrected chi connectivity index (χ1v) is 7.89. The van der Waals surface area contributed by atoms with Crippen molar-refractivity contribution in [3.63, 3.8) is 0 Å². The molecule has 1 aliphatic heterocycles. The molecule has 2 amide bonds. The number of amides is 2. The van der Waals surface area contributed by atoms with E-state index in [0.29, 0.717) is 32.5 Å². The van der Waals surface area contributed by atoms with Gasteiger partial charge in [-0.3, -0.25) is 14.4 Å². The highest BCUT2D eigenvalue weighted by atomic mass is 16.5. The summed E-state index contributed by atoms with van der Waals surface area (Å²) in [6.07, 6.45) is 1.38. The Kier molecular flexibility index (Phi) is 6.14. The van der Waals surface area contributed by atoms with Crippen LogP contribution in [-0.4, -0.2) is 42.4 Å². The summed E-state index contributed by atoms with van der Waals surface area (Å²) in [5.41, 5.74) is 0.927. The molecule has 1 aromatic rings. The summed E-state index contributed by atoms with van der Waals surface area (Å²) in [6.45, 7) is 3.12. The Bertz CT molecular complexity index is 559. The van der Waals surface area contributed by atoms with Crippen LogP contribution in [0.4, 0.5) is 0 Å². The van der Waals surface area contributed by atoms with Crippen LogP contribution in [0.15, 0.2) is 30.3 Å². The number of carbonyl (C=O) groups is 3. The van der Waals surface area contributed by atoms with Gasteiger partial charge in [0, 0.05) is 19.6 Å². The van der Waals surface area contributed by atoms with E-state index in [9.17, 15) is 14.4 Å². The number of ether oxygens (including phenoxy) is 1.